The second-order valence-electron chi connectivity index (χ2n) is 8.60. The summed E-state index contributed by atoms with van der Waals surface area (Å²) in [7, 11) is 1.84. The van der Waals surface area contributed by atoms with Gasteiger partial charge in [-0.3, -0.25) is 9.89 Å². The van der Waals surface area contributed by atoms with Gasteiger partial charge in [0.15, 0.2) is 5.96 Å². The van der Waals surface area contributed by atoms with Crippen molar-refractivity contribution in [2.45, 2.75) is 40.2 Å². The van der Waals surface area contributed by atoms with Gasteiger partial charge in [-0.05, 0) is 43.0 Å². The van der Waals surface area contributed by atoms with E-state index in [1.54, 1.807) is 0 Å². The molecule has 0 spiro atoms. The van der Waals surface area contributed by atoms with Gasteiger partial charge in [-0.25, -0.2) is 0 Å². The average molecular weight is 408 g/mol. The molecule has 1 saturated heterocycles. The highest BCUT2D eigenvalue weighted by Gasteiger charge is 2.21. The Kier molecular flexibility index (Phi) is 9.06. The van der Waals surface area contributed by atoms with E-state index in [1.165, 1.54) is 18.7 Å². The normalized spacial score (nSPS) is 18.1. The fourth-order valence-corrected chi connectivity index (χ4v) is 3.91. The maximum absolute atomic E-state index is 6.12. The average Bonchev–Trinajstić information content (AvgIpc) is 2.67. The lowest BCUT2D eigenvalue weighted by molar-refractivity contribution is 0.107. The number of rotatable bonds is 8. The first kappa shape index (κ1) is 23.0. The third-order valence-electron chi connectivity index (χ3n) is 5.57. The minimum absolute atomic E-state index is 0.102. The molecule has 0 bridgehead atoms. The largest absolute Gasteiger partial charge is 0.356 e. The van der Waals surface area contributed by atoms with Gasteiger partial charge in [0.25, 0.3) is 0 Å². The minimum atomic E-state index is 0.102. The van der Waals surface area contributed by atoms with E-state index in [0.717, 1.165) is 50.1 Å². The highest BCUT2D eigenvalue weighted by Crippen LogP contribution is 2.22. The van der Waals surface area contributed by atoms with Crippen LogP contribution in [-0.2, 0) is 6.42 Å². The molecular formula is C22H38ClN5. The molecule has 1 fully saturated rings. The Morgan fingerprint density at radius 2 is 1.93 bits per heavy atom. The highest BCUT2D eigenvalue weighted by molar-refractivity contribution is 6.30. The van der Waals surface area contributed by atoms with Crippen LogP contribution in [0.25, 0.3) is 0 Å². The van der Waals surface area contributed by atoms with Crippen molar-refractivity contribution in [1.29, 1.82) is 0 Å². The van der Waals surface area contributed by atoms with Crippen molar-refractivity contribution in [2.24, 2.45) is 10.4 Å². The Bertz CT molecular complexity index is 623. The monoisotopic (exact) mass is 407 g/mol. The molecule has 1 unspecified atom stereocenters. The molecule has 5 nitrogen and oxygen atoms in total. The van der Waals surface area contributed by atoms with Crippen LogP contribution < -0.4 is 10.6 Å². The van der Waals surface area contributed by atoms with Crippen molar-refractivity contribution in [2.75, 3.05) is 52.9 Å². The van der Waals surface area contributed by atoms with Gasteiger partial charge >= 0.3 is 0 Å². The molecule has 0 aliphatic carbocycles. The molecule has 1 aliphatic heterocycles. The zero-order valence-electron chi connectivity index (χ0n) is 18.3. The number of piperazine rings is 1. The van der Waals surface area contributed by atoms with Crippen molar-refractivity contribution >= 4 is 17.6 Å². The van der Waals surface area contributed by atoms with Gasteiger partial charge in [0.05, 0.1) is 0 Å². The summed E-state index contributed by atoms with van der Waals surface area (Å²) in [6.07, 6.45) is 0.968. The zero-order valence-corrected chi connectivity index (χ0v) is 19.0. The van der Waals surface area contributed by atoms with E-state index >= 15 is 0 Å². The molecule has 28 heavy (non-hydrogen) atoms. The lowest BCUT2D eigenvalue weighted by Gasteiger charge is -2.37. The standard InChI is InChI=1S/C22H38ClN5/c1-6-27-10-12-28(13-11-27)18(2)16-25-21(24-5)26-17-22(3,4)15-19-8-7-9-20(23)14-19/h7-9,14,18H,6,10-13,15-17H2,1-5H3,(H2,24,25,26). The molecule has 158 valence electrons. The molecule has 1 aromatic rings. The van der Waals surface area contributed by atoms with Gasteiger partial charge in [0.1, 0.15) is 0 Å². The van der Waals surface area contributed by atoms with Crippen molar-refractivity contribution in [1.82, 2.24) is 20.4 Å². The van der Waals surface area contributed by atoms with E-state index in [9.17, 15) is 0 Å². The molecule has 0 aromatic heterocycles. The van der Waals surface area contributed by atoms with Crippen LogP contribution in [0.15, 0.2) is 29.3 Å². The predicted octanol–water partition coefficient (Wildman–Crippen LogP) is 3.10. The first-order valence-corrected chi connectivity index (χ1v) is 10.9. The number of nitrogens with one attached hydrogen (secondary N) is 2. The van der Waals surface area contributed by atoms with Crippen LogP contribution in [0.3, 0.4) is 0 Å². The first-order valence-electron chi connectivity index (χ1n) is 10.5. The number of guanidine groups is 1. The van der Waals surface area contributed by atoms with Gasteiger partial charge in [-0.1, -0.05) is 44.5 Å². The Morgan fingerprint density at radius 1 is 1.21 bits per heavy atom. The lowest BCUT2D eigenvalue weighted by atomic mass is 9.86. The van der Waals surface area contributed by atoms with Crippen molar-refractivity contribution in [3.8, 4) is 0 Å². The second kappa shape index (κ2) is 11.0. The summed E-state index contributed by atoms with van der Waals surface area (Å²) in [5, 5.41) is 7.80. The maximum atomic E-state index is 6.12. The minimum Gasteiger partial charge on any atom is -0.356 e. The number of likely N-dealkylation sites (N-methyl/N-ethyl adjacent to an activating group) is 1. The van der Waals surface area contributed by atoms with Crippen LogP contribution in [0.1, 0.15) is 33.3 Å². The molecule has 1 aromatic carbocycles. The first-order chi connectivity index (χ1) is 13.3. The van der Waals surface area contributed by atoms with E-state index in [4.69, 9.17) is 11.6 Å². The fourth-order valence-electron chi connectivity index (χ4n) is 3.70. The van der Waals surface area contributed by atoms with Crippen LogP contribution in [0.4, 0.5) is 0 Å². The number of halogens is 1. The van der Waals surface area contributed by atoms with E-state index in [0.29, 0.717) is 6.04 Å². The van der Waals surface area contributed by atoms with Gasteiger partial charge in [-0.2, -0.15) is 0 Å². The summed E-state index contributed by atoms with van der Waals surface area (Å²) >= 11 is 6.12. The highest BCUT2D eigenvalue weighted by atomic mass is 35.5. The molecule has 1 atom stereocenters. The lowest BCUT2D eigenvalue weighted by Crippen LogP contribution is -2.53. The van der Waals surface area contributed by atoms with Crippen LogP contribution in [0.2, 0.25) is 5.02 Å². The molecule has 6 heteroatoms. The van der Waals surface area contributed by atoms with Crippen molar-refractivity contribution < 1.29 is 0 Å². The van der Waals surface area contributed by atoms with Crippen molar-refractivity contribution in [3.63, 3.8) is 0 Å². The molecule has 1 aliphatic rings. The molecular weight excluding hydrogens is 370 g/mol. The van der Waals surface area contributed by atoms with E-state index in [-0.39, 0.29) is 5.41 Å². The number of benzene rings is 1. The molecule has 0 saturated carbocycles. The topological polar surface area (TPSA) is 42.9 Å². The summed E-state index contributed by atoms with van der Waals surface area (Å²) in [4.78, 5) is 9.48. The summed E-state index contributed by atoms with van der Waals surface area (Å²) in [5.74, 6) is 0.873. The fraction of sp³-hybridized carbons (Fsp3) is 0.682. The maximum Gasteiger partial charge on any atom is 0.191 e. The predicted molar refractivity (Wildman–Crippen MR) is 121 cm³/mol. The SMILES string of the molecule is CCN1CCN(C(C)CNC(=NC)NCC(C)(C)Cc2cccc(Cl)c2)CC1. The molecule has 2 rings (SSSR count). The molecule has 1 heterocycles. The Balaban J connectivity index is 1.76. The number of aliphatic imine (C=N–C) groups is 1. The summed E-state index contributed by atoms with van der Waals surface area (Å²) in [6, 6.07) is 8.63. The Labute approximate surface area is 176 Å². The third-order valence-corrected chi connectivity index (χ3v) is 5.81. The van der Waals surface area contributed by atoms with E-state index < -0.39 is 0 Å². The number of nitrogens with zero attached hydrogens (tertiary/aromatic N) is 3. The molecule has 0 radical (unpaired) electrons. The Hall–Kier alpha value is -1.30. The van der Waals surface area contributed by atoms with Crippen molar-refractivity contribution in [3.05, 3.63) is 34.9 Å². The second-order valence-corrected chi connectivity index (χ2v) is 9.03. The smallest absolute Gasteiger partial charge is 0.191 e. The summed E-state index contributed by atoms with van der Waals surface area (Å²) in [5.41, 5.74) is 1.37. The molecule has 2 N–H and O–H groups in total. The van der Waals surface area contributed by atoms with E-state index in [1.807, 2.05) is 19.2 Å². The third kappa shape index (κ3) is 7.61. The van der Waals surface area contributed by atoms with Crippen LogP contribution in [0.5, 0.6) is 0 Å². The summed E-state index contributed by atoms with van der Waals surface area (Å²) < 4.78 is 0. The number of hydrogen-bond donors (Lipinski definition) is 2. The Morgan fingerprint density at radius 3 is 2.54 bits per heavy atom. The van der Waals surface area contributed by atoms with Crippen LogP contribution >= 0.6 is 11.6 Å². The zero-order chi connectivity index (χ0) is 20.6. The quantitative estimate of drug-likeness (QED) is 0.513. The molecule has 0 amide bonds. The summed E-state index contributed by atoms with van der Waals surface area (Å²) in [6.45, 7) is 16.6. The van der Waals surface area contributed by atoms with Crippen LogP contribution in [0, 0.1) is 5.41 Å². The van der Waals surface area contributed by atoms with Gasteiger partial charge in [0.2, 0.25) is 0 Å². The van der Waals surface area contributed by atoms with Gasteiger partial charge < -0.3 is 15.5 Å². The van der Waals surface area contributed by atoms with Gasteiger partial charge in [-0.15, -0.1) is 0 Å². The van der Waals surface area contributed by atoms with E-state index in [2.05, 4.69) is 65.3 Å². The number of hydrogen-bond acceptors (Lipinski definition) is 3. The van der Waals surface area contributed by atoms with Gasteiger partial charge in [0, 0.05) is 57.4 Å². The van der Waals surface area contributed by atoms with Crippen LogP contribution in [-0.4, -0.2) is 74.7 Å².